The van der Waals surface area contributed by atoms with Crippen LogP contribution in [0.5, 0.6) is 11.5 Å². The van der Waals surface area contributed by atoms with Gasteiger partial charge >= 0.3 is 0 Å². The van der Waals surface area contributed by atoms with Crippen LogP contribution < -0.4 is 16.0 Å². The van der Waals surface area contributed by atoms with E-state index in [2.05, 4.69) is 35.0 Å². The van der Waals surface area contributed by atoms with Crippen molar-refractivity contribution in [3.8, 4) is 11.5 Å². The van der Waals surface area contributed by atoms with Gasteiger partial charge in [-0.1, -0.05) is 63.3 Å². The molecule has 0 bridgehead atoms. The number of nitrogens with one attached hydrogen (secondary N) is 3. The molecule has 2 unspecified atom stereocenters. The second-order valence-electron chi connectivity index (χ2n) is 8.33. The minimum absolute atomic E-state index is 0.0161. The summed E-state index contributed by atoms with van der Waals surface area (Å²) in [7, 11) is 0. The predicted molar refractivity (Wildman–Crippen MR) is 125 cm³/mol. The first-order valence-electron chi connectivity index (χ1n) is 11.4. The Morgan fingerprint density at radius 3 is 2.62 bits per heavy atom. The molecular formula is C25H33N3O4. The van der Waals surface area contributed by atoms with Gasteiger partial charge in [-0.3, -0.25) is 9.59 Å². The standard InChI is InChI=1S/C25H33N3O4/c1-2-3-4-5-6-9-12-26-23-19-11-8-7-10-17(19)13-21(23)28-25(32)20-14-18(30)15-22(24(20)31)27-16-29/h7-8,10-11,14-16,21,23,26,30-31H,2-6,9,12-13H2,1H3,(H,27,29)(H,28,32). The Kier molecular flexibility index (Phi) is 8.50. The highest BCUT2D eigenvalue weighted by molar-refractivity contribution is 6.00. The first-order valence-corrected chi connectivity index (χ1v) is 11.4. The molecule has 3 rings (SSSR count). The zero-order valence-corrected chi connectivity index (χ0v) is 18.6. The molecule has 0 fully saturated rings. The van der Waals surface area contributed by atoms with Gasteiger partial charge in [-0.25, -0.2) is 0 Å². The van der Waals surface area contributed by atoms with Gasteiger partial charge in [0, 0.05) is 6.07 Å². The molecule has 0 heterocycles. The maximum absolute atomic E-state index is 13.0. The van der Waals surface area contributed by atoms with Crippen molar-refractivity contribution in [3.63, 3.8) is 0 Å². The van der Waals surface area contributed by atoms with Crippen molar-refractivity contribution in [1.82, 2.24) is 10.6 Å². The van der Waals surface area contributed by atoms with Crippen molar-refractivity contribution < 1.29 is 19.8 Å². The maximum atomic E-state index is 13.0. The first-order chi connectivity index (χ1) is 15.5. The van der Waals surface area contributed by atoms with E-state index in [1.165, 1.54) is 55.4 Å². The van der Waals surface area contributed by atoms with Crippen molar-refractivity contribution >= 4 is 18.0 Å². The van der Waals surface area contributed by atoms with Gasteiger partial charge in [-0.2, -0.15) is 0 Å². The fourth-order valence-corrected chi connectivity index (χ4v) is 4.36. The number of unbranched alkanes of at least 4 members (excludes halogenated alkanes) is 5. The molecule has 0 saturated carbocycles. The summed E-state index contributed by atoms with van der Waals surface area (Å²) in [5.74, 6) is -1.10. The van der Waals surface area contributed by atoms with Crippen LogP contribution in [0.3, 0.4) is 0 Å². The Hall–Kier alpha value is -3.06. The van der Waals surface area contributed by atoms with E-state index in [0.29, 0.717) is 12.8 Å². The number of benzene rings is 2. The van der Waals surface area contributed by atoms with Crippen molar-refractivity contribution in [3.05, 3.63) is 53.1 Å². The third-order valence-electron chi connectivity index (χ3n) is 6.00. The van der Waals surface area contributed by atoms with Gasteiger partial charge in [0.15, 0.2) is 5.75 Å². The highest BCUT2D eigenvalue weighted by atomic mass is 16.3. The third kappa shape index (κ3) is 5.79. The van der Waals surface area contributed by atoms with Crippen LogP contribution in [-0.2, 0) is 11.2 Å². The number of aromatic hydroxyl groups is 2. The van der Waals surface area contributed by atoms with E-state index < -0.39 is 5.91 Å². The zero-order chi connectivity index (χ0) is 22.9. The Morgan fingerprint density at radius 1 is 1.09 bits per heavy atom. The Labute approximate surface area is 189 Å². The molecule has 0 spiro atoms. The third-order valence-corrected chi connectivity index (χ3v) is 6.00. The van der Waals surface area contributed by atoms with Gasteiger partial charge in [-0.05, 0) is 36.6 Å². The lowest BCUT2D eigenvalue weighted by Gasteiger charge is -2.24. The number of anilines is 1. The Bertz CT molecular complexity index is 931. The van der Waals surface area contributed by atoms with Crippen molar-refractivity contribution in [2.24, 2.45) is 0 Å². The second-order valence-corrected chi connectivity index (χ2v) is 8.33. The van der Waals surface area contributed by atoms with E-state index in [9.17, 15) is 19.8 Å². The van der Waals surface area contributed by atoms with Crippen LogP contribution in [0.4, 0.5) is 5.69 Å². The predicted octanol–water partition coefficient (Wildman–Crippen LogP) is 4.01. The minimum Gasteiger partial charge on any atom is -0.508 e. The van der Waals surface area contributed by atoms with Gasteiger partial charge in [0.05, 0.1) is 23.3 Å². The molecule has 0 radical (unpaired) electrons. The largest absolute Gasteiger partial charge is 0.508 e. The SMILES string of the molecule is CCCCCCCCNC1c2ccccc2CC1NC(=O)c1cc(O)cc(NC=O)c1O. The van der Waals surface area contributed by atoms with Crippen LogP contribution in [0.15, 0.2) is 36.4 Å². The number of rotatable bonds is 12. The molecule has 0 saturated heterocycles. The lowest BCUT2D eigenvalue weighted by atomic mass is 10.1. The number of fused-ring (bicyclic) bond motifs is 1. The van der Waals surface area contributed by atoms with Crippen LogP contribution >= 0.6 is 0 Å². The van der Waals surface area contributed by atoms with E-state index in [-0.39, 0.29) is 34.8 Å². The van der Waals surface area contributed by atoms with E-state index in [4.69, 9.17) is 0 Å². The fourth-order valence-electron chi connectivity index (χ4n) is 4.36. The average Bonchev–Trinajstić information content (AvgIpc) is 3.12. The van der Waals surface area contributed by atoms with Crippen LogP contribution in [0.1, 0.15) is 73.0 Å². The first kappa shape index (κ1) is 23.6. The molecule has 2 amide bonds. The van der Waals surface area contributed by atoms with Crippen LogP contribution in [0.2, 0.25) is 0 Å². The lowest BCUT2D eigenvalue weighted by molar-refractivity contribution is -0.105. The summed E-state index contributed by atoms with van der Waals surface area (Å²) in [6.07, 6.45) is 8.35. The monoisotopic (exact) mass is 439 g/mol. The maximum Gasteiger partial charge on any atom is 0.255 e. The molecule has 1 aliphatic rings. The van der Waals surface area contributed by atoms with E-state index in [1.54, 1.807) is 0 Å². The summed E-state index contributed by atoms with van der Waals surface area (Å²) in [5.41, 5.74) is 2.26. The van der Waals surface area contributed by atoms with Gasteiger partial charge in [-0.15, -0.1) is 0 Å². The van der Waals surface area contributed by atoms with Crippen LogP contribution in [0.25, 0.3) is 0 Å². The summed E-state index contributed by atoms with van der Waals surface area (Å²) >= 11 is 0. The van der Waals surface area contributed by atoms with Gasteiger partial charge in [0.1, 0.15) is 5.75 Å². The summed E-state index contributed by atoms with van der Waals surface area (Å²) in [5, 5.41) is 29.2. The summed E-state index contributed by atoms with van der Waals surface area (Å²) in [6, 6.07) is 10.3. The highest BCUT2D eigenvalue weighted by Crippen LogP contribution is 2.34. The number of amides is 2. The normalized spacial score (nSPS) is 17.0. The van der Waals surface area contributed by atoms with Crippen molar-refractivity contribution in [1.29, 1.82) is 0 Å². The van der Waals surface area contributed by atoms with Crippen LogP contribution in [0, 0.1) is 0 Å². The number of carbonyl (C=O) groups excluding carboxylic acids is 2. The average molecular weight is 440 g/mol. The quantitative estimate of drug-likeness (QED) is 0.149. The fraction of sp³-hybridized carbons (Fsp3) is 0.440. The molecule has 0 aromatic heterocycles. The smallest absolute Gasteiger partial charge is 0.255 e. The van der Waals surface area contributed by atoms with E-state index >= 15 is 0 Å². The molecule has 32 heavy (non-hydrogen) atoms. The molecule has 7 nitrogen and oxygen atoms in total. The molecule has 0 aliphatic heterocycles. The molecule has 2 atom stereocenters. The van der Waals surface area contributed by atoms with E-state index in [1.807, 2.05) is 12.1 Å². The molecule has 2 aromatic carbocycles. The number of hydrogen-bond acceptors (Lipinski definition) is 5. The molecule has 1 aliphatic carbocycles. The molecule has 7 heteroatoms. The zero-order valence-electron chi connectivity index (χ0n) is 18.6. The molecule has 2 aromatic rings. The minimum atomic E-state index is -0.503. The topological polar surface area (TPSA) is 111 Å². The van der Waals surface area contributed by atoms with Crippen molar-refractivity contribution in [2.75, 3.05) is 11.9 Å². The number of carbonyl (C=O) groups is 2. The Balaban J connectivity index is 1.68. The number of phenols is 2. The number of phenolic OH excluding ortho intramolecular Hbond substituents is 2. The summed E-state index contributed by atoms with van der Waals surface area (Å²) < 4.78 is 0. The second kappa shape index (κ2) is 11.5. The van der Waals surface area contributed by atoms with Gasteiger partial charge < -0.3 is 26.2 Å². The summed E-state index contributed by atoms with van der Waals surface area (Å²) in [6.45, 7) is 3.08. The van der Waals surface area contributed by atoms with Gasteiger partial charge in [0.2, 0.25) is 6.41 Å². The van der Waals surface area contributed by atoms with Gasteiger partial charge in [0.25, 0.3) is 5.91 Å². The van der Waals surface area contributed by atoms with E-state index in [0.717, 1.165) is 13.0 Å². The Morgan fingerprint density at radius 2 is 1.84 bits per heavy atom. The summed E-state index contributed by atoms with van der Waals surface area (Å²) in [4.78, 5) is 23.7. The number of hydrogen-bond donors (Lipinski definition) is 5. The molecule has 172 valence electrons. The van der Waals surface area contributed by atoms with Crippen molar-refractivity contribution in [2.45, 2.75) is 64.0 Å². The molecule has 5 N–H and O–H groups in total. The lowest BCUT2D eigenvalue weighted by Crippen LogP contribution is -2.43. The van der Waals surface area contributed by atoms with Crippen LogP contribution in [-0.4, -0.2) is 35.1 Å². The molecular weight excluding hydrogens is 406 g/mol. The highest BCUT2D eigenvalue weighted by Gasteiger charge is 2.33.